The summed E-state index contributed by atoms with van der Waals surface area (Å²) in [6, 6.07) is 0.122. The van der Waals surface area contributed by atoms with Crippen LogP contribution < -0.4 is 11.1 Å². The van der Waals surface area contributed by atoms with E-state index in [0.717, 1.165) is 12.8 Å². The van der Waals surface area contributed by atoms with Gasteiger partial charge < -0.3 is 16.3 Å². The summed E-state index contributed by atoms with van der Waals surface area (Å²) in [4.78, 5) is 12.9. The molecule has 0 aromatic carbocycles. The van der Waals surface area contributed by atoms with Gasteiger partial charge in [-0.3, -0.25) is 4.79 Å². The number of carbonyl (C=O) groups excluding carboxylic acids is 1. The lowest BCUT2D eigenvalue weighted by molar-refractivity contribution is -0.128. The standard InChI is InChI=1S/C16H31N3O2/c1-7-9-16(10-8-2,12(17)19-21)13(20)18-11-14(3,4)15(11,5)6/h11,21H,7-10H2,1-6H3,(H2,17,19)(H,18,20). The van der Waals surface area contributed by atoms with Crippen molar-refractivity contribution in [1.82, 2.24) is 5.32 Å². The van der Waals surface area contributed by atoms with Gasteiger partial charge in [0.05, 0.1) is 0 Å². The van der Waals surface area contributed by atoms with E-state index in [1.165, 1.54) is 0 Å². The van der Waals surface area contributed by atoms with Crippen LogP contribution in [0.5, 0.6) is 0 Å². The van der Waals surface area contributed by atoms with Crippen LogP contribution in [0.15, 0.2) is 5.16 Å². The van der Waals surface area contributed by atoms with Gasteiger partial charge in [0, 0.05) is 6.04 Å². The summed E-state index contributed by atoms with van der Waals surface area (Å²) in [5, 5.41) is 15.4. The smallest absolute Gasteiger partial charge is 0.234 e. The minimum absolute atomic E-state index is 0.0277. The molecule has 1 aliphatic carbocycles. The Bertz CT molecular complexity index is 407. The number of rotatable bonds is 7. The van der Waals surface area contributed by atoms with Crippen LogP contribution in [0, 0.1) is 16.2 Å². The first-order chi connectivity index (χ1) is 9.61. The van der Waals surface area contributed by atoms with E-state index in [0.29, 0.717) is 12.8 Å². The van der Waals surface area contributed by atoms with E-state index in [-0.39, 0.29) is 28.6 Å². The first kappa shape index (κ1) is 17.8. The van der Waals surface area contributed by atoms with E-state index >= 15 is 0 Å². The lowest BCUT2D eigenvalue weighted by atomic mass is 9.77. The topological polar surface area (TPSA) is 87.7 Å². The second kappa shape index (κ2) is 5.85. The predicted octanol–water partition coefficient (Wildman–Crippen LogP) is 2.87. The normalized spacial score (nSPS) is 21.1. The van der Waals surface area contributed by atoms with Gasteiger partial charge in [0.2, 0.25) is 5.91 Å². The molecule has 1 aliphatic rings. The van der Waals surface area contributed by atoms with Gasteiger partial charge in [0.15, 0.2) is 5.84 Å². The second-order valence-corrected chi connectivity index (χ2v) is 7.42. The Balaban J connectivity index is 3.02. The van der Waals surface area contributed by atoms with Crippen molar-refractivity contribution >= 4 is 11.7 Å². The van der Waals surface area contributed by atoms with E-state index < -0.39 is 5.41 Å². The summed E-state index contributed by atoms with van der Waals surface area (Å²) in [6.45, 7) is 12.6. The molecule has 1 amide bonds. The Labute approximate surface area is 128 Å². The molecular weight excluding hydrogens is 266 g/mol. The molecule has 0 aliphatic heterocycles. The highest BCUT2D eigenvalue weighted by atomic mass is 16.4. The number of nitrogens with two attached hydrogens (primary N) is 1. The molecule has 0 radical (unpaired) electrons. The molecule has 21 heavy (non-hydrogen) atoms. The van der Waals surface area contributed by atoms with Crippen molar-refractivity contribution in [2.45, 2.75) is 73.3 Å². The van der Waals surface area contributed by atoms with E-state index in [4.69, 9.17) is 10.9 Å². The van der Waals surface area contributed by atoms with Gasteiger partial charge in [-0.05, 0) is 23.7 Å². The van der Waals surface area contributed by atoms with Crippen LogP contribution >= 0.6 is 0 Å². The van der Waals surface area contributed by atoms with Gasteiger partial charge in [0.25, 0.3) is 0 Å². The minimum atomic E-state index is -0.896. The first-order valence-corrected chi connectivity index (χ1v) is 7.90. The van der Waals surface area contributed by atoms with Gasteiger partial charge >= 0.3 is 0 Å². The van der Waals surface area contributed by atoms with Crippen molar-refractivity contribution in [2.24, 2.45) is 27.1 Å². The summed E-state index contributed by atoms with van der Waals surface area (Å²) >= 11 is 0. The highest BCUT2D eigenvalue weighted by Crippen LogP contribution is 2.62. The summed E-state index contributed by atoms with van der Waals surface area (Å²) in [5.41, 5.74) is 5.13. The third-order valence-corrected chi connectivity index (χ3v) is 5.68. The molecule has 5 nitrogen and oxygen atoms in total. The molecule has 5 heteroatoms. The number of amidine groups is 1. The maximum absolute atomic E-state index is 12.9. The highest BCUT2D eigenvalue weighted by Gasteiger charge is 2.66. The summed E-state index contributed by atoms with van der Waals surface area (Å²) in [6.07, 6.45) is 2.80. The van der Waals surface area contributed by atoms with Crippen molar-refractivity contribution in [1.29, 1.82) is 0 Å². The Kier molecular flexibility index (Phi) is 4.96. The van der Waals surface area contributed by atoms with Crippen LogP contribution in [0.4, 0.5) is 0 Å². The quantitative estimate of drug-likeness (QED) is 0.292. The molecule has 122 valence electrons. The van der Waals surface area contributed by atoms with Gasteiger partial charge in [0.1, 0.15) is 5.41 Å². The zero-order valence-electron chi connectivity index (χ0n) is 14.3. The lowest BCUT2D eigenvalue weighted by Crippen LogP contribution is -2.51. The fourth-order valence-corrected chi connectivity index (χ4v) is 3.50. The Hall–Kier alpha value is -1.26. The monoisotopic (exact) mass is 297 g/mol. The van der Waals surface area contributed by atoms with Crippen LogP contribution in [-0.4, -0.2) is 23.0 Å². The van der Waals surface area contributed by atoms with Crippen LogP contribution in [0.3, 0.4) is 0 Å². The SMILES string of the molecule is CCCC(CCC)(C(=O)NC1C(C)(C)C1(C)C)C(N)=NO. The Morgan fingerprint density at radius 3 is 1.90 bits per heavy atom. The van der Waals surface area contributed by atoms with E-state index in [1.807, 2.05) is 13.8 Å². The molecule has 4 N–H and O–H groups in total. The first-order valence-electron chi connectivity index (χ1n) is 7.90. The molecule has 0 atom stereocenters. The van der Waals surface area contributed by atoms with Gasteiger partial charge in [-0.2, -0.15) is 0 Å². The number of hydrogen-bond donors (Lipinski definition) is 3. The molecule has 0 saturated heterocycles. The minimum Gasteiger partial charge on any atom is -0.409 e. The van der Waals surface area contributed by atoms with Crippen LogP contribution in [-0.2, 0) is 4.79 Å². The maximum atomic E-state index is 12.9. The fourth-order valence-electron chi connectivity index (χ4n) is 3.50. The number of nitrogens with zero attached hydrogens (tertiary/aromatic N) is 1. The zero-order chi connectivity index (χ0) is 16.5. The Morgan fingerprint density at radius 1 is 1.19 bits per heavy atom. The van der Waals surface area contributed by atoms with Crippen molar-refractivity contribution in [2.75, 3.05) is 0 Å². The fraction of sp³-hybridized carbons (Fsp3) is 0.875. The lowest BCUT2D eigenvalue weighted by Gasteiger charge is -2.31. The van der Waals surface area contributed by atoms with Crippen LogP contribution in [0.25, 0.3) is 0 Å². The molecule has 0 aromatic rings. The highest BCUT2D eigenvalue weighted by molar-refractivity contribution is 6.07. The van der Waals surface area contributed by atoms with E-state index in [2.05, 4.69) is 38.2 Å². The van der Waals surface area contributed by atoms with E-state index in [9.17, 15) is 4.79 Å². The number of oxime groups is 1. The number of carbonyl (C=O) groups is 1. The van der Waals surface area contributed by atoms with Crippen LogP contribution in [0.1, 0.15) is 67.2 Å². The summed E-state index contributed by atoms with van der Waals surface area (Å²) < 4.78 is 0. The summed E-state index contributed by atoms with van der Waals surface area (Å²) in [7, 11) is 0. The Morgan fingerprint density at radius 2 is 1.62 bits per heavy atom. The average Bonchev–Trinajstić information content (AvgIpc) is 2.79. The third kappa shape index (κ3) is 2.74. The second-order valence-electron chi connectivity index (χ2n) is 7.42. The maximum Gasteiger partial charge on any atom is 0.234 e. The van der Waals surface area contributed by atoms with Crippen molar-refractivity contribution in [3.63, 3.8) is 0 Å². The molecule has 0 unspecified atom stereocenters. The molecule has 1 fully saturated rings. The van der Waals surface area contributed by atoms with Gasteiger partial charge in [-0.1, -0.05) is 59.5 Å². The largest absolute Gasteiger partial charge is 0.409 e. The van der Waals surface area contributed by atoms with Gasteiger partial charge in [-0.25, -0.2) is 0 Å². The predicted molar refractivity (Wildman–Crippen MR) is 85.2 cm³/mol. The van der Waals surface area contributed by atoms with Crippen LogP contribution in [0.2, 0.25) is 0 Å². The molecular formula is C16H31N3O2. The zero-order valence-corrected chi connectivity index (χ0v) is 14.3. The molecule has 0 spiro atoms. The molecule has 0 aromatic heterocycles. The summed E-state index contributed by atoms with van der Waals surface area (Å²) in [5.74, 6) is -0.0786. The third-order valence-electron chi connectivity index (χ3n) is 5.68. The molecule has 1 saturated carbocycles. The van der Waals surface area contributed by atoms with Crippen molar-refractivity contribution in [3.05, 3.63) is 0 Å². The average molecular weight is 297 g/mol. The van der Waals surface area contributed by atoms with Crippen molar-refractivity contribution in [3.8, 4) is 0 Å². The van der Waals surface area contributed by atoms with Crippen molar-refractivity contribution < 1.29 is 10.0 Å². The molecule has 0 heterocycles. The number of hydrogen-bond acceptors (Lipinski definition) is 3. The number of amides is 1. The molecule has 0 bridgehead atoms. The number of nitrogens with one attached hydrogen (secondary N) is 1. The van der Waals surface area contributed by atoms with Gasteiger partial charge in [-0.15, -0.1) is 0 Å². The molecule has 1 rings (SSSR count). The van der Waals surface area contributed by atoms with E-state index in [1.54, 1.807) is 0 Å².